The Labute approximate surface area is 91.1 Å². The molecule has 0 unspecified atom stereocenters. The summed E-state index contributed by atoms with van der Waals surface area (Å²) in [7, 11) is 0. The molecule has 0 aliphatic carbocycles. The highest BCUT2D eigenvalue weighted by atomic mass is 32.1. The van der Waals surface area contributed by atoms with E-state index in [9.17, 15) is 13.2 Å². The van der Waals surface area contributed by atoms with Gasteiger partial charge >= 0.3 is 6.18 Å². The number of aryl methyl sites for hydroxylation is 1. The van der Waals surface area contributed by atoms with Gasteiger partial charge in [0.2, 0.25) is 0 Å². The van der Waals surface area contributed by atoms with E-state index in [1.165, 1.54) is 11.3 Å². The lowest BCUT2D eigenvalue weighted by atomic mass is 10.1. The van der Waals surface area contributed by atoms with E-state index in [4.69, 9.17) is 5.73 Å². The molecule has 0 saturated heterocycles. The second kappa shape index (κ2) is 4.99. The molecule has 0 aliphatic heterocycles. The largest absolute Gasteiger partial charge is 0.389 e. The normalized spacial score (nSPS) is 14.2. The third-order valence-corrected chi connectivity index (χ3v) is 3.50. The van der Waals surface area contributed by atoms with Gasteiger partial charge in [-0.2, -0.15) is 13.2 Å². The molecule has 1 heterocycles. The quantitative estimate of drug-likeness (QED) is 0.849. The smallest absolute Gasteiger partial charge is 0.323 e. The van der Waals surface area contributed by atoms with Crippen LogP contribution in [0.4, 0.5) is 13.2 Å². The van der Waals surface area contributed by atoms with Gasteiger partial charge in [0.25, 0.3) is 0 Å². The molecule has 2 N–H and O–H groups in total. The molecule has 86 valence electrons. The van der Waals surface area contributed by atoms with Crippen molar-refractivity contribution in [3.63, 3.8) is 0 Å². The number of nitrogens with two attached hydrogens (primary N) is 1. The van der Waals surface area contributed by atoms with Gasteiger partial charge in [0.15, 0.2) is 0 Å². The van der Waals surface area contributed by atoms with E-state index in [-0.39, 0.29) is 6.42 Å². The maximum atomic E-state index is 12.0. The van der Waals surface area contributed by atoms with Gasteiger partial charge in [0.1, 0.15) is 0 Å². The number of thiophene rings is 1. The van der Waals surface area contributed by atoms with Gasteiger partial charge in [-0.3, -0.25) is 0 Å². The first-order valence-corrected chi connectivity index (χ1v) is 5.65. The highest BCUT2D eigenvalue weighted by Crippen LogP contribution is 2.29. The minimum Gasteiger partial charge on any atom is -0.323 e. The summed E-state index contributed by atoms with van der Waals surface area (Å²) in [6.07, 6.45) is -4.06. The van der Waals surface area contributed by atoms with E-state index >= 15 is 0 Å². The third kappa shape index (κ3) is 4.22. The van der Waals surface area contributed by atoms with Crippen LogP contribution >= 0.6 is 11.3 Å². The summed E-state index contributed by atoms with van der Waals surface area (Å²) in [6, 6.07) is 3.26. The zero-order valence-electron chi connectivity index (χ0n) is 8.47. The van der Waals surface area contributed by atoms with Crippen molar-refractivity contribution < 1.29 is 13.2 Å². The molecular formula is C10H14F3NS. The van der Waals surface area contributed by atoms with Gasteiger partial charge in [-0.05, 0) is 25.0 Å². The Bertz CT molecular complexity index is 306. The van der Waals surface area contributed by atoms with Crippen LogP contribution in [0.2, 0.25) is 0 Å². The Morgan fingerprint density at radius 3 is 2.53 bits per heavy atom. The number of halogens is 3. The monoisotopic (exact) mass is 237 g/mol. The van der Waals surface area contributed by atoms with Crippen molar-refractivity contribution >= 4 is 11.3 Å². The SMILES string of the molecule is CCc1ccc([C@@H](N)CCC(F)(F)F)s1. The lowest BCUT2D eigenvalue weighted by Crippen LogP contribution is -2.14. The second-order valence-corrected chi connectivity index (χ2v) is 4.62. The van der Waals surface area contributed by atoms with Crippen LogP contribution < -0.4 is 5.73 Å². The molecule has 5 heteroatoms. The van der Waals surface area contributed by atoms with Gasteiger partial charge in [0, 0.05) is 22.2 Å². The predicted octanol–water partition coefficient (Wildman–Crippen LogP) is 3.65. The summed E-state index contributed by atoms with van der Waals surface area (Å²) in [5.74, 6) is 0. The molecule has 1 aromatic rings. The van der Waals surface area contributed by atoms with Crippen molar-refractivity contribution in [2.24, 2.45) is 5.73 Å². The molecule has 1 rings (SSSR count). The Kier molecular flexibility index (Phi) is 4.16. The highest BCUT2D eigenvalue weighted by molar-refractivity contribution is 7.12. The van der Waals surface area contributed by atoms with E-state index in [1.807, 2.05) is 19.1 Å². The lowest BCUT2D eigenvalue weighted by Gasteiger charge is -2.11. The summed E-state index contributed by atoms with van der Waals surface area (Å²) < 4.78 is 35.9. The first-order chi connectivity index (χ1) is 6.92. The summed E-state index contributed by atoms with van der Waals surface area (Å²) in [5.41, 5.74) is 5.68. The van der Waals surface area contributed by atoms with Crippen molar-refractivity contribution in [1.29, 1.82) is 0 Å². The molecule has 1 atom stereocenters. The Balaban J connectivity index is 2.50. The average molecular weight is 237 g/mol. The van der Waals surface area contributed by atoms with Crippen LogP contribution in [0.25, 0.3) is 0 Å². The second-order valence-electron chi connectivity index (χ2n) is 3.42. The van der Waals surface area contributed by atoms with Crippen LogP contribution in [0.5, 0.6) is 0 Å². The molecule has 1 nitrogen and oxygen atoms in total. The van der Waals surface area contributed by atoms with Crippen molar-refractivity contribution in [2.75, 3.05) is 0 Å². The van der Waals surface area contributed by atoms with Gasteiger partial charge in [-0.25, -0.2) is 0 Å². The third-order valence-electron chi connectivity index (χ3n) is 2.14. The maximum Gasteiger partial charge on any atom is 0.389 e. The minimum absolute atomic E-state index is 0.0346. The molecule has 0 bridgehead atoms. The summed E-state index contributed by atoms with van der Waals surface area (Å²) in [5, 5.41) is 0. The maximum absolute atomic E-state index is 12.0. The van der Waals surface area contributed by atoms with Crippen molar-refractivity contribution in [2.45, 2.75) is 38.4 Å². The van der Waals surface area contributed by atoms with Crippen LogP contribution in [0.1, 0.15) is 35.6 Å². The fourth-order valence-electron chi connectivity index (χ4n) is 1.25. The van der Waals surface area contributed by atoms with E-state index in [0.717, 1.165) is 16.2 Å². The first kappa shape index (κ1) is 12.5. The molecule has 0 radical (unpaired) electrons. The molecule has 0 saturated carbocycles. The van der Waals surface area contributed by atoms with Crippen LogP contribution in [0, 0.1) is 0 Å². The standard InChI is InChI=1S/C10H14F3NS/c1-2-7-3-4-9(15-7)8(14)5-6-10(11,12)13/h3-4,8H,2,5-6,14H2,1H3/t8-/m0/s1. The van der Waals surface area contributed by atoms with Gasteiger partial charge < -0.3 is 5.73 Å². The first-order valence-electron chi connectivity index (χ1n) is 4.83. The van der Waals surface area contributed by atoms with Gasteiger partial charge in [0.05, 0.1) is 0 Å². The van der Waals surface area contributed by atoms with Crippen molar-refractivity contribution in [1.82, 2.24) is 0 Å². The topological polar surface area (TPSA) is 26.0 Å². The Morgan fingerprint density at radius 1 is 1.40 bits per heavy atom. The number of rotatable bonds is 4. The number of hydrogen-bond acceptors (Lipinski definition) is 2. The van der Waals surface area contributed by atoms with Gasteiger partial charge in [-0.1, -0.05) is 6.92 Å². The molecule has 0 amide bonds. The predicted molar refractivity (Wildman–Crippen MR) is 55.9 cm³/mol. The van der Waals surface area contributed by atoms with Crippen LogP contribution in [-0.4, -0.2) is 6.18 Å². The molecule has 0 aromatic carbocycles. The van der Waals surface area contributed by atoms with E-state index < -0.39 is 18.6 Å². The van der Waals surface area contributed by atoms with Crippen LogP contribution in [0.15, 0.2) is 12.1 Å². The number of hydrogen-bond donors (Lipinski definition) is 1. The molecule has 1 aromatic heterocycles. The van der Waals surface area contributed by atoms with Crippen LogP contribution in [-0.2, 0) is 6.42 Å². The minimum atomic E-state index is -4.11. The summed E-state index contributed by atoms with van der Waals surface area (Å²) in [6.45, 7) is 2.01. The summed E-state index contributed by atoms with van der Waals surface area (Å²) >= 11 is 1.50. The lowest BCUT2D eigenvalue weighted by molar-refractivity contribution is -0.136. The molecule has 15 heavy (non-hydrogen) atoms. The van der Waals surface area contributed by atoms with E-state index in [0.29, 0.717) is 0 Å². The Morgan fingerprint density at radius 2 is 2.07 bits per heavy atom. The zero-order valence-corrected chi connectivity index (χ0v) is 9.29. The molecule has 0 fully saturated rings. The molecule has 0 spiro atoms. The molecular weight excluding hydrogens is 223 g/mol. The average Bonchev–Trinajstić information content (AvgIpc) is 2.61. The van der Waals surface area contributed by atoms with Crippen LogP contribution in [0.3, 0.4) is 0 Å². The van der Waals surface area contributed by atoms with E-state index in [1.54, 1.807) is 0 Å². The van der Waals surface area contributed by atoms with Crippen molar-refractivity contribution in [3.8, 4) is 0 Å². The highest BCUT2D eigenvalue weighted by Gasteiger charge is 2.28. The van der Waals surface area contributed by atoms with Gasteiger partial charge in [-0.15, -0.1) is 11.3 Å². The number of alkyl halides is 3. The fourth-order valence-corrected chi connectivity index (χ4v) is 2.23. The Hall–Kier alpha value is -0.550. The molecule has 0 aliphatic rings. The van der Waals surface area contributed by atoms with Crippen molar-refractivity contribution in [3.05, 3.63) is 21.9 Å². The zero-order chi connectivity index (χ0) is 11.5. The summed E-state index contributed by atoms with van der Waals surface area (Å²) in [4.78, 5) is 2.00. The van der Waals surface area contributed by atoms with E-state index in [2.05, 4.69) is 0 Å². The fraction of sp³-hybridized carbons (Fsp3) is 0.600.